The first kappa shape index (κ1) is 13.3. The van der Waals surface area contributed by atoms with Crippen LogP contribution in [0.4, 0.5) is 14.5 Å². The number of nitrogen functional groups attached to an aromatic ring is 1. The van der Waals surface area contributed by atoms with E-state index in [9.17, 15) is 8.78 Å². The van der Waals surface area contributed by atoms with Gasteiger partial charge in [0, 0.05) is 4.47 Å². The Kier molecular flexibility index (Phi) is 3.67. The van der Waals surface area contributed by atoms with Gasteiger partial charge < -0.3 is 10.5 Å². The van der Waals surface area contributed by atoms with Crippen LogP contribution in [-0.2, 0) is 0 Å². The summed E-state index contributed by atoms with van der Waals surface area (Å²) < 4.78 is 32.3. The highest BCUT2D eigenvalue weighted by Crippen LogP contribution is 2.32. The number of hydrogen-bond donors (Lipinski definition) is 1. The molecule has 0 saturated heterocycles. The average Bonchev–Trinajstić information content (AvgIpc) is 2.37. The van der Waals surface area contributed by atoms with E-state index in [1.807, 2.05) is 6.07 Å². The van der Waals surface area contributed by atoms with E-state index in [1.54, 1.807) is 0 Å². The van der Waals surface area contributed by atoms with E-state index >= 15 is 0 Å². The lowest BCUT2D eigenvalue weighted by Crippen LogP contribution is -1.96. The van der Waals surface area contributed by atoms with Crippen LogP contribution in [0.25, 0.3) is 0 Å². The number of halogens is 3. The molecule has 2 aromatic carbocycles. The third-order valence-corrected chi connectivity index (χ3v) is 2.78. The number of nitrogens with two attached hydrogens (primary N) is 1. The monoisotopic (exact) mass is 324 g/mol. The first-order chi connectivity index (χ1) is 9.01. The Bertz CT molecular complexity index is 683. The van der Waals surface area contributed by atoms with Crippen molar-refractivity contribution < 1.29 is 13.5 Å². The van der Waals surface area contributed by atoms with Crippen molar-refractivity contribution >= 4 is 21.6 Å². The topological polar surface area (TPSA) is 59.0 Å². The maximum Gasteiger partial charge on any atom is 0.201 e. The van der Waals surface area contributed by atoms with Crippen molar-refractivity contribution in [3.63, 3.8) is 0 Å². The first-order valence-corrected chi connectivity index (χ1v) is 5.92. The minimum absolute atomic E-state index is 0.149. The summed E-state index contributed by atoms with van der Waals surface area (Å²) in [6.07, 6.45) is 0. The molecule has 19 heavy (non-hydrogen) atoms. The van der Waals surface area contributed by atoms with Crippen molar-refractivity contribution in [2.75, 3.05) is 5.73 Å². The van der Waals surface area contributed by atoms with E-state index in [1.165, 1.54) is 24.3 Å². The summed E-state index contributed by atoms with van der Waals surface area (Å²) >= 11 is 3.04. The van der Waals surface area contributed by atoms with Gasteiger partial charge in [0.1, 0.15) is 0 Å². The van der Waals surface area contributed by atoms with Crippen molar-refractivity contribution in [2.45, 2.75) is 0 Å². The van der Waals surface area contributed by atoms with Crippen LogP contribution in [0.3, 0.4) is 0 Å². The predicted molar refractivity (Wildman–Crippen MR) is 69.7 cm³/mol. The average molecular weight is 325 g/mol. The number of rotatable bonds is 2. The van der Waals surface area contributed by atoms with E-state index in [4.69, 9.17) is 15.7 Å². The third kappa shape index (κ3) is 2.83. The molecule has 0 amide bonds. The molecule has 3 nitrogen and oxygen atoms in total. The molecular formula is C13H7BrF2N2O. The molecule has 2 rings (SSSR count). The molecule has 0 fully saturated rings. The molecular weight excluding hydrogens is 318 g/mol. The quantitative estimate of drug-likeness (QED) is 0.671. The van der Waals surface area contributed by atoms with Crippen LogP contribution < -0.4 is 10.5 Å². The Hall–Kier alpha value is -2.13. The molecule has 0 atom stereocenters. The highest BCUT2D eigenvalue weighted by Gasteiger charge is 2.13. The van der Waals surface area contributed by atoms with E-state index in [0.717, 1.165) is 6.07 Å². The summed E-state index contributed by atoms with van der Waals surface area (Å²) in [5.74, 6) is -2.28. The second kappa shape index (κ2) is 5.24. The minimum atomic E-state index is -1.10. The molecule has 0 bridgehead atoms. The van der Waals surface area contributed by atoms with Gasteiger partial charge in [0.05, 0.1) is 17.3 Å². The SMILES string of the molecule is N#Cc1ccc(Oc2cc(Br)cc(F)c2F)c(N)c1. The van der Waals surface area contributed by atoms with Gasteiger partial charge in [0.15, 0.2) is 17.3 Å². The fourth-order valence-corrected chi connectivity index (χ4v) is 1.84. The second-order valence-electron chi connectivity index (χ2n) is 3.67. The van der Waals surface area contributed by atoms with Crippen molar-refractivity contribution in [3.05, 3.63) is 52.0 Å². The summed E-state index contributed by atoms with van der Waals surface area (Å²) in [6.45, 7) is 0. The normalized spacial score (nSPS) is 10.0. The van der Waals surface area contributed by atoms with E-state index < -0.39 is 11.6 Å². The zero-order valence-corrected chi connectivity index (χ0v) is 11.0. The van der Waals surface area contributed by atoms with Crippen molar-refractivity contribution in [1.82, 2.24) is 0 Å². The summed E-state index contributed by atoms with van der Waals surface area (Å²) in [4.78, 5) is 0. The van der Waals surface area contributed by atoms with Gasteiger partial charge in [-0.3, -0.25) is 0 Å². The number of ether oxygens (including phenoxy) is 1. The lowest BCUT2D eigenvalue weighted by molar-refractivity contribution is 0.416. The summed E-state index contributed by atoms with van der Waals surface area (Å²) in [7, 11) is 0. The van der Waals surface area contributed by atoms with Gasteiger partial charge in [-0.25, -0.2) is 4.39 Å². The Morgan fingerprint density at radius 2 is 1.89 bits per heavy atom. The maximum atomic E-state index is 13.5. The second-order valence-corrected chi connectivity index (χ2v) is 4.58. The van der Waals surface area contributed by atoms with Crippen LogP contribution in [-0.4, -0.2) is 0 Å². The van der Waals surface area contributed by atoms with Gasteiger partial charge in [-0.05, 0) is 30.3 Å². The standard InChI is InChI=1S/C13H7BrF2N2O/c14-8-4-9(15)13(16)12(5-8)19-11-2-1-7(6-17)3-10(11)18/h1-5H,18H2. The molecule has 0 radical (unpaired) electrons. The number of hydrogen-bond acceptors (Lipinski definition) is 3. The van der Waals surface area contributed by atoms with Crippen LogP contribution in [0.1, 0.15) is 5.56 Å². The van der Waals surface area contributed by atoms with Gasteiger partial charge in [-0.15, -0.1) is 0 Å². The molecule has 0 aromatic heterocycles. The van der Waals surface area contributed by atoms with E-state index in [-0.39, 0.29) is 17.2 Å². The van der Waals surface area contributed by atoms with Crippen LogP contribution in [0.2, 0.25) is 0 Å². The molecule has 2 N–H and O–H groups in total. The van der Waals surface area contributed by atoms with Crippen LogP contribution in [0, 0.1) is 23.0 Å². The highest BCUT2D eigenvalue weighted by molar-refractivity contribution is 9.10. The molecule has 0 aliphatic heterocycles. The Balaban J connectivity index is 2.39. The summed E-state index contributed by atoms with van der Waals surface area (Å²) in [5.41, 5.74) is 6.19. The van der Waals surface area contributed by atoms with E-state index in [2.05, 4.69) is 15.9 Å². The molecule has 96 valence electrons. The fourth-order valence-electron chi connectivity index (χ4n) is 1.44. The maximum absolute atomic E-state index is 13.5. The summed E-state index contributed by atoms with van der Waals surface area (Å²) in [6, 6.07) is 8.47. The Labute approximate surface area is 116 Å². The van der Waals surface area contributed by atoms with Crippen LogP contribution in [0.15, 0.2) is 34.8 Å². The number of nitrogens with zero attached hydrogens (tertiary/aromatic N) is 1. The Morgan fingerprint density at radius 1 is 1.16 bits per heavy atom. The molecule has 0 aliphatic carbocycles. The number of nitriles is 1. The third-order valence-electron chi connectivity index (χ3n) is 2.32. The number of benzene rings is 2. The van der Waals surface area contributed by atoms with Gasteiger partial charge >= 0.3 is 0 Å². The largest absolute Gasteiger partial charge is 0.452 e. The molecule has 2 aromatic rings. The lowest BCUT2D eigenvalue weighted by atomic mass is 10.2. The zero-order chi connectivity index (χ0) is 14.0. The first-order valence-electron chi connectivity index (χ1n) is 5.13. The zero-order valence-electron chi connectivity index (χ0n) is 9.45. The molecule has 0 aliphatic rings. The van der Waals surface area contributed by atoms with Gasteiger partial charge in [0.25, 0.3) is 0 Å². The van der Waals surface area contributed by atoms with Gasteiger partial charge in [0.2, 0.25) is 5.82 Å². The van der Waals surface area contributed by atoms with Gasteiger partial charge in [-0.1, -0.05) is 15.9 Å². The molecule has 6 heteroatoms. The smallest absolute Gasteiger partial charge is 0.201 e. The van der Waals surface area contributed by atoms with Crippen molar-refractivity contribution in [2.24, 2.45) is 0 Å². The molecule has 0 spiro atoms. The van der Waals surface area contributed by atoms with Crippen molar-refractivity contribution in [1.29, 1.82) is 5.26 Å². The summed E-state index contributed by atoms with van der Waals surface area (Å²) in [5, 5.41) is 8.70. The van der Waals surface area contributed by atoms with Gasteiger partial charge in [-0.2, -0.15) is 9.65 Å². The molecule has 0 unspecified atom stereocenters. The van der Waals surface area contributed by atoms with Crippen molar-refractivity contribution in [3.8, 4) is 17.6 Å². The number of anilines is 1. The minimum Gasteiger partial charge on any atom is -0.452 e. The lowest BCUT2D eigenvalue weighted by Gasteiger charge is -2.10. The highest BCUT2D eigenvalue weighted by atomic mass is 79.9. The molecule has 0 saturated carbocycles. The van der Waals surface area contributed by atoms with Crippen LogP contribution >= 0.6 is 15.9 Å². The van der Waals surface area contributed by atoms with E-state index in [0.29, 0.717) is 10.0 Å². The fraction of sp³-hybridized carbons (Fsp3) is 0. The van der Waals surface area contributed by atoms with Crippen LogP contribution in [0.5, 0.6) is 11.5 Å². The molecule has 0 heterocycles. The predicted octanol–water partition coefficient (Wildman–Crippen LogP) is 3.97. The Morgan fingerprint density at radius 3 is 2.53 bits per heavy atom.